The van der Waals surface area contributed by atoms with Crippen LogP contribution in [0.3, 0.4) is 0 Å². The van der Waals surface area contributed by atoms with Crippen LogP contribution < -0.4 is 4.90 Å². The molecule has 1 unspecified atom stereocenters. The van der Waals surface area contributed by atoms with E-state index in [1.54, 1.807) is 12.1 Å². The van der Waals surface area contributed by atoms with E-state index < -0.39 is 0 Å². The van der Waals surface area contributed by atoms with E-state index in [0.717, 1.165) is 31.9 Å². The minimum atomic E-state index is -0.297. The predicted octanol–water partition coefficient (Wildman–Crippen LogP) is 2.13. The van der Waals surface area contributed by atoms with Gasteiger partial charge in [0, 0.05) is 31.7 Å². The summed E-state index contributed by atoms with van der Waals surface area (Å²) in [5, 5.41) is 11.1. The van der Waals surface area contributed by atoms with Crippen LogP contribution in [-0.4, -0.2) is 42.0 Å². The molecule has 1 aliphatic rings. The Bertz CT molecular complexity index is 436. The van der Waals surface area contributed by atoms with Gasteiger partial charge in [-0.15, -0.1) is 0 Å². The number of piperazine rings is 1. The van der Waals surface area contributed by atoms with Gasteiger partial charge in [-0.2, -0.15) is 0 Å². The van der Waals surface area contributed by atoms with Crippen LogP contribution in [0.5, 0.6) is 0 Å². The number of nitrogens with zero attached hydrogens (tertiary/aromatic N) is 3. The Hall–Kier alpha value is -1.62. The third-order valence-corrected chi connectivity index (χ3v) is 3.55. The van der Waals surface area contributed by atoms with Crippen molar-refractivity contribution >= 4 is 11.4 Å². The number of hydrogen-bond acceptors (Lipinski definition) is 4. The number of nitro groups is 1. The van der Waals surface area contributed by atoms with Crippen molar-refractivity contribution in [1.82, 2.24) is 4.90 Å². The largest absolute Gasteiger partial charge is 0.361 e. The average molecular weight is 249 g/mol. The van der Waals surface area contributed by atoms with Gasteiger partial charge in [-0.3, -0.25) is 15.0 Å². The van der Waals surface area contributed by atoms with Crippen LogP contribution >= 0.6 is 0 Å². The first kappa shape index (κ1) is 12.8. The van der Waals surface area contributed by atoms with Crippen LogP contribution in [0.25, 0.3) is 0 Å². The van der Waals surface area contributed by atoms with Gasteiger partial charge in [0.25, 0.3) is 5.69 Å². The number of para-hydroxylation sites is 2. The zero-order chi connectivity index (χ0) is 13.1. The third-order valence-electron chi connectivity index (χ3n) is 3.55. The lowest BCUT2D eigenvalue weighted by atomic mass is 10.1. The van der Waals surface area contributed by atoms with Gasteiger partial charge < -0.3 is 4.90 Å². The van der Waals surface area contributed by atoms with Crippen LogP contribution in [0, 0.1) is 10.1 Å². The number of benzene rings is 1. The monoisotopic (exact) mass is 249 g/mol. The fraction of sp³-hybridized carbons (Fsp3) is 0.538. The van der Waals surface area contributed by atoms with Crippen molar-refractivity contribution < 1.29 is 4.92 Å². The van der Waals surface area contributed by atoms with Crippen molar-refractivity contribution in [2.45, 2.75) is 19.9 Å². The molecule has 2 rings (SSSR count). The predicted molar refractivity (Wildman–Crippen MR) is 72.0 cm³/mol. The molecule has 1 aliphatic heterocycles. The van der Waals surface area contributed by atoms with Crippen molar-refractivity contribution in [2.75, 3.05) is 31.1 Å². The standard InChI is InChI=1S/C13H19N3O2/c1-3-14-8-9-15(11(2)10-14)12-6-4-5-7-13(12)16(17)18/h4-7,11H,3,8-10H2,1-2H3. The summed E-state index contributed by atoms with van der Waals surface area (Å²) in [6, 6.07) is 7.31. The highest BCUT2D eigenvalue weighted by molar-refractivity contribution is 5.63. The molecule has 0 spiro atoms. The van der Waals surface area contributed by atoms with Gasteiger partial charge in [0.2, 0.25) is 0 Å². The van der Waals surface area contributed by atoms with Crippen molar-refractivity contribution in [3.05, 3.63) is 34.4 Å². The number of anilines is 1. The summed E-state index contributed by atoms with van der Waals surface area (Å²) in [6.45, 7) is 8.08. The van der Waals surface area contributed by atoms with Gasteiger partial charge >= 0.3 is 0 Å². The van der Waals surface area contributed by atoms with Crippen molar-refractivity contribution in [3.63, 3.8) is 0 Å². The second-order valence-electron chi connectivity index (χ2n) is 4.68. The topological polar surface area (TPSA) is 49.6 Å². The molecule has 5 nitrogen and oxygen atoms in total. The zero-order valence-corrected chi connectivity index (χ0v) is 10.9. The molecule has 1 heterocycles. The molecule has 5 heteroatoms. The van der Waals surface area contributed by atoms with E-state index >= 15 is 0 Å². The molecular formula is C13H19N3O2. The van der Waals surface area contributed by atoms with Crippen molar-refractivity contribution in [2.24, 2.45) is 0 Å². The molecule has 1 aromatic rings. The molecule has 0 amide bonds. The molecule has 0 saturated carbocycles. The quantitative estimate of drug-likeness (QED) is 0.608. The Labute approximate surface area is 107 Å². The maximum atomic E-state index is 11.1. The summed E-state index contributed by atoms with van der Waals surface area (Å²) in [5.74, 6) is 0. The molecule has 1 aromatic carbocycles. The lowest BCUT2D eigenvalue weighted by Crippen LogP contribution is -2.52. The van der Waals surface area contributed by atoms with Crippen molar-refractivity contribution in [3.8, 4) is 0 Å². The molecule has 1 saturated heterocycles. The Morgan fingerprint density at radius 1 is 1.39 bits per heavy atom. The Balaban J connectivity index is 2.24. The number of hydrogen-bond donors (Lipinski definition) is 0. The van der Waals surface area contributed by atoms with Crippen molar-refractivity contribution in [1.29, 1.82) is 0 Å². The summed E-state index contributed by atoms with van der Waals surface area (Å²) in [5.41, 5.74) is 0.944. The fourth-order valence-corrected chi connectivity index (χ4v) is 2.54. The number of likely N-dealkylation sites (N-methyl/N-ethyl adjacent to an activating group) is 1. The average Bonchev–Trinajstić information content (AvgIpc) is 2.38. The molecule has 1 fully saturated rings. The van der Waals surface area contributed by atoms with E-state index in [1.807, 2.05) is 12.1 Å². The van der Waals surface area contributed by atoms with Gasteiger partial charge in [-0.1, -0.05) is 19.1 Å². The highest BCUT2D eigenvalue weighted by atomic mass is 16.6. The highest BCUT2D eigenvalue weighted by Crippen LogP contribution is 2.30. The molecular weight excluding hydrogens is 230 g/mol. The maximum Gasteiger partial charge on any atom is 0.292 e. The Morgan fingerprint density at radius 3 is 2.72 bits per heavy atom. The summed E-state index contributed by atoms with van der Waals surface area (Å²) < 4.78 is 0. The lowest BCUT2D eigenvalue weighted by Gasteiger charge is -2.40. The van der Waals surface area contributed by atoms with E-state index in [4.69, 9.17) is 0 Å². The van der Waals surface area contributed by atoms with Crippen LogP contribution in [0.1, 0.15) is 13.8 Å². The fourth-order valence-electron chi connectivity index (χ4n) is 2.54. The van der Waals surface area contributed by atoms with Gasteiger partial charge in [-0.25, -0.2) is 0 Å². The first-order chi connectivity index (χ1) is 8.63. The summed E-state index contributed by atoms with van der Waals surface area (Å²) in [6.07, 6.45) is 0. The molecule has 0 aromatic heterocycles. The Morgan fingerprint density at radius 2 is 2.11 bits per heavy atom. The second-order valence-corrected chi connectivity index (χ2v) is 4.68. The zero-order valence-electron chi connectivity index (χ0n) is 10.9. The highest BCUT2D eigenvalue weighted by Gasteiger charge is 2.27. The van der Waals surface area contributed by atoms with Crippen LogP contribution in [0.15, 0.2) is 24.3 Å². The smallest absolute Gasteiger partial charge is 0.292 e. The van der Waals surface area contributed by atoms with E-state index in [2.05, 4.69) is 23.6 Å². The van der Waals surface area contributed by atoms with E-state index in [9.17, 15) is 10.1 Å². The first-order valence-electron chi connectivity index (χ1n) is 6.36. The van der Waals surface area contributed by atoms with Gasteiger partial charge in [0.1, 0.15) is 5.69 Å². The molecule has 0 N–H and O–H groups in total. The maximum absolute atomic E-state index is 11.1. The van der Waals surface area contributed by atoms with Crippen LogP contribution in [-0.2, 0) is 0 Å². The SMILES string of the molecule is CCN1CCN(c2ccccc2[N+](=O)[O-])C(C)C1. The lowest BCUT2D eigenvalue weighted by molar-refractivity contribution is -0.384. The summed E-state index contributed by atoms with van der Waals surface area (Å²) >= 11 is 0. The number of nitro benzene ring substituents is 1. The van der Waals surface area contributed by atoms with Gasteiger partial charge in [0.15, 0.2) is 0 Å². The molecule has 1 atom stereocenters. The minimum Gasteiger partial charge on any atom is -0.361 e. The molecule has 18 heavy (non-hydrogen) atoms. The Kier molecular flexibility index (Phi) is 3.81. The van der Waals surface area contributed by atoms with Gasteiger partial charge in [0.05, 0.1) is 4.92 Å². The van der Waals surface area contributed by atoms with E-state index in [1.165, 1.54) is 0 Å². The number of rotatable bonds is 3. The van der Waals surface area contributed by atoms with Crippen LogP contribution in [0.4, 0.5) is 11.4 Å². The molecule has 0 bridgehead atoms. The summed E-state index contributed by atoms with van der Waals surface area (Å²) in [7, 11) is 0. The van der Waals surface area contributed by atoms with Crippen LogP contribution in [0.2, 0.25) is 0 Å². The van der Waals surface area contributed by atoms with Gasteiger partial charge in [-0.05, 0) is 19.5 Å². The van der Waals surface area contributed by atoms with E-state index in [-0.39, 0.29) is 10.6 Å². The molecule has 0 radical (unpaired) electrons. The third kappa shape index (κ3) is 2.46. The normalized spacial score (nSPS) is 21.0. The minimum absolute atomic E-state index is 0.203. The molecule has 0 aliphatic carbocycles. The summed E-state index contributed by atoms with van der Waals surface area (Å²) in [4.78, 5) is 15.3. The second kappa shape index (κ2) is 5.35. The van der Waals surface area contributed by atoms with E-state index in [0.29, 0.717) is 6.04 Å². The molecule has 98 valence electrons. The first-order valence-corrected chi connectivity index (χ1v) is 6.36.